The van der Waals surface area contributed by atoms with Crippen molar-refractivity contribution < 1.29 is 0 Å². The van der Waals surface area contributed by atoms with Crippen LogP contribution < -0.4 is 5.32 Å². The van der Waals surface area contributed by atoms with Crippen molar-refractivity contribution in [1.82, 2.24) is 9.88 Å². The number of likely N-dealkylation sites (tertiary alicyclic amines) is 1. The van der Waals surface area contributed by atoms with Crippen LogP contribution in [0.1, 0.15) is 44.2 Å². The zero-order valence-corrected chi connectivity index (χ0v) is 13.3. The summed E-state index contributed by atoms with van der Waals surface area (Å²) in [5.74, 6) is 0.910. The normalized spacial score (nSPS) is 19.0. The summed E-state index contributed by atoms with van der Waals surface area (Å²) in [7, 11) is 0. The first-order valence-electron chi connectivity index (χ1n) is 8.39. The number of hydrogen-bond acceptors (Lipinski definition) is 3. The van der Waals surface area contributed by atoms with Crippen molar-refractivity contribution in [3.63, 3.8) is 0 Å². The molecule has 1 aromatic carbocycles. The van der Waals surface area contributed by atoms with Gasteiger partial charge in [0, 0.05) is 17.9 Å². The first-order chi connectivity index (χ1) is 10.9. The highest BCUT2D eigenvalue weighted by Crippen LogP contribution is 2.31. The van der Waals surface area contributed by atoms with Gasteiger partial charge in [-0.15, -0.1) is 0 Å². The lowest BCUT2D eigenvalue weighted by atomic mass is 9.96. The van der Waals surface area contributed by atoms with Crippen LogP contribution in [0.4, 0.5) is 11.5 Å². The summed E-state index contributed by atoms with van der Waals surface area (Å²) in [6.45, 7) is 4.67. The van der Waals surface area contributed by atoms with Crippen molar-refractivity contribution in [2.45, 2.75) is 38.6 Å². The molecular formula is C19H25N3. The zero-order chi connectivity index (χ0) is 15.2. The fourth-order valence-corrected chi connectivity index (χ4v) is 3.27. The van der Waals surface area contributed by atoms with Crippen molar-refractivity contribution in [3.05, 3.63) is 54.2 Å². The highest BCUT2D eigenvalue weighted by molar-refractivity contribution is 5.55. The highest BCUT2D eigenvalue weighted by atomic mass is 15.2. The van der Waals surface area contributed by atoms with E-state index in [-0.39, 0.29) is 0 Å². The van der Waals surface area contributed by atoms with Crippen LogP contribution in [-0.2, 0) is 0 Å². The Labute approximate surface area is 133 Å². The molecule has 3 heteroatoms. The van der Waals surface area contributed by atoms with Gasteiger partial charge in [0.1, 0.15) is 5.82 Å². The van der Waals surface area contributed by atoms with Gasteiger partial charge in [-0.2, -0.15) is 0 Å². The fraction of sp³-hybridized carbons (Fsp3) is 0.421. The second-order valence-corrected chi connectivity index (χ2v) is 6.02. The average Bonchev–Trinajstić information content (AvgIpc) is 2.58. The average molecular weight is 295 g/mol. The third-order valence-electron chi connectivity index (χ3n) is 4.34. The van der Waals surface area contributed by atoms with E-state index >= 15 is 0 Å². The maximum absolute atomic E-state index is 4.61. The van der Waals surface area contributed by atoms with Crippen molar-refractivity contribution in [2.75, 3.05) is 18.4 Å². The second kappa shape index (κ2) is 7.41. The Balaban J connectivity index is 1.70. The molecule has 1 aliphatic rings. The summed E-state index contributed by atoms with van der Waals surface area (Å²) in [6.07, 6.45) is 7.18. The largest absolute Gasteiger partial charge is 0.340 e. The molecule has 0 unspecified atom stereocenters. The lowest BCUT2D eigenvalue weighted by Gasteiger charge is -2.35. The molecule has 22 heavy (non-hydrogen) atoms. The van der Waals surface area contributed by atoms with Crippen LogP contribution in [0.15, 0.2) is 48.7 Å². The molecule has 0 saturated carbocycles. The Hall–Kier alpha value is -1.87. The van der Waals surface area contributed by atoms with E-state index in [1.54, 1.807) is 0 Å². The molecular weight excluding hydrogens is 270 g/mol. The summed E-state index contributed by atoms with van der Waals surface area (Å²) in [5.41, 5.74) is 2.43. The van der Waals surface area contributed by atoms with E-state index in [4.69, 9.17) is 0 Å². The van der Waals surface area contributed by atoms with Crippen molar-refractivity contribution >= 4 is 11.5 Å². The number of aromatic nitrogens is 1. The van der Waals surface area contributed by atoms with Crippen molar-refractivity contribution in [2.24, 2.45) is 0 Å². The Kier molecular flexibility index (Phi) is 5.07. The van der Waals surface area contributed by atoms with Gasteiger partial charge in [0.25, 0.3) is 0 Å². The zero-order valence-electron chi connectivity index (χ0n) is 13.3. The number of anilines is 2. The minimum atomic E-state index is 0.548. The molecule has 2 aromatic rings. The summed E-state index contributed by atoms with van der Waals surface area (Å²) < 4.78 is 0. The summed E-state index contributed by atoms with van der Waals surface area (Å²) in [5, 5.41) is 3.35. The van der Waals surface area contributed by atoms with E-state index in [0.29, 0.717) is 6.04 Å². The smallest absolute Gasteiger partial charge is 0.130 e. The molecule has 1 aliphatic heterocycles. The Morgan fingerprint density at radius 1 is 1.14 bits per heavy atom. The van der Waals surface area contributed by atoms with Crippen LogP contribution in [0.5, 0.6) is 0 Å². The van der Waals surface area contributed by atoms with Crippen molar-refractivity contribution in [3.8, 4) is 0 Å². The standard InChI is InChI=1S/C19H25N3/c1-2-13-22-14-7-6-10-18(22)16-11-12-19(20-15-16)21-17-8-4-3-5-9-17/h3-5,8-9,11-12,15,18H,2,6-7,10,13-14H2,1H3,(H,20,21)/t18-/m0/s1. The van der Waals surface area contributed by atoms with Gasteiger partial charge >= 0.3 is 0 Å². The van der Waals surface area contributed by atoms with E-state index in [0.717, 1.165) is 11.5 Å². The summed E-state index contributed by atoms with van der Waals surface area (Å²) in [4.78, 5) is 7.22. The first-order valence-corrected chi connectivity index (χ1v) is 8.39. The van der Waals surface area contributed by atoms with Gasteiger partial charge in [-0.05, 0) is 56.1 Å². The molecule has 0 spiro atoms. The minimum absolute atomic E-state index is 0.548. The number of nitrogens with zero attached hydrogens (tertiary/aromatic N) is 2. The Bertz CT molecular complexity index is 563. The topological polar surface area (TPSA) is 28.2 Å². The van der Waals surface area contributed by atoms with Crippen LogP contribution in [-0.4, -0.2) is 23.0 Å². The van der Waals surface area contributed by atoms with Crippen LogP contribution in [0.25, 0.3) is 0 Å². The number of piperidine rings is 1. The molecule has 0 aliphatic carbocycles. The maximum Gasteiger partial charge on any atom is 0.130 e. The van der Waals surface area contributed by atoms with Crippen LogP contribution in [0.2, 0.25) is 0 Å². The molecule has 0 amide bonds. The van der Waals surface area contributed by atoms with Gasteiger partial charge in [-0.25, -0.2) is 4.98 Å². The monoisotopic (exact) mass is 295 g/mol. The third kappa shape index (κ3) is 3.66. The van der Waals surface area contributed by atoms with Crippen LogP contribution in [0, 0.1) is 0 Å². The first kappa shape index (κ1) is 15.0. The highest BCUT2D eigenvalue weighted by Gasteiger charge is 2.23. The number of rotatable bonds is 5. The lowest BCUT2D eigenvalue weighted by molar-refractivity contribution is 0.149. The Morgan fingerprint density at radius 3 is 2.73 bits per heavy atom. The van der Waals surface area contributed by atoms with E-state index in [9.17, 15) is 0 Å². The molecule has 1 fully saturated rings. The number of para-hydroxylation sites is 1. The van der Waals surface area contributed by atoms with E-state index in [1.165, 1.54) is 44.3 Å². The number of benzene rings is 1. The Morgan fingerprint density at radius 2 is 2.00 bits per heavy atom. The molecule has 0 radical (unpaired) electrons. The number of hydrogen-bond donors (Lipinski definition) is 1. The molecule has 0 bridgehead atoms. The second-order valence-electron chi connectivity index (χ2n) is 6.02. The number of pyridine rings is 1. The molecule has 1 N–H and O–H groups in total. The third-order valence-corrected chi connectivity index (χ3v) is 4.34. The predicted molar refractivity (Wildman–Crippen MR) is 92.4 cm³/mol. The molecule has 2 heterocycles. The van der Waals surface area contributed by atoms with Gasteiger partial charge in [-0.3, -0.25) is 4.90 Å². The van der Waals surface area contributed by atoms with Crippen molar-refractivity contribution in [1.29, 1.82) is 0 Å². The summed E-state index contributed by atoms with van der Waals surface area (Å²) in [6, 6.07) is 15.1. The van der Waals surface area contributed by atoms with Crippen LogP contribution >= 0.6 is 0 Å². The number of nitrogens with one attached hydrogen (secondary N) is 1. The molecule has 3 rings (SSSR count). The van der Waals surface area contributed by atoms with Gasteiger partial charge in [0.2, 0.25) is 0 Å². The van der Waals surface area contributed by atoms with Gasteiger partial charge in [-0.1, -0.05) is 37.6 Å². The predicted octanol–water partition coefficient (Wildman–Crippen LogP) is 4.76. The quantitative estimate of drug-likeness (QED) is 0.861. The maximum atomic E-state index is 4.61. The van der Waals surface area contributed by atoms with E-state index in [2.05, 4.69) is 46.4 Å². The van der Waals surface area contributed by atoms with E-state index in [1.807, 2.05) is 24.4 Å². The SMILES string of the molecule is CCCN1CCCC[C@H]1c1ccc(Nc2ccccc2)nc1. The van der Waals surface area contributed by atoms with Gasteiger partial charge < -0.3 is 5.32 Å². The van der Waals surface area contributed by atoms with Gasteiger partial charge in [0.15, 0.2) is 0 Å². The van der Waals surface area contributed by atoms with E-state index < -0.39 is 0 Å². The fourth-order valence-electron chi connectivity index (χ4n) is 3.27. The summed E-state index contributed by atoms with van der Waals surface area (Å²) >= 11 is 0. The lowest BCUT2D eigenvalue weighted by Crippen LogP contribution is -2.34. The van der Waals surface area contributed by atoms with Crippen LogP contribution in [0.3, 0.4) is 0 Å². The minimum Gasteiger partial charge on any atom is -0.340 e. The molecule has 1 atom stereocenters. The van der Waals surface area contributed by atoms with Gasteiger partial charge in [0.05, 0.1) is 0 Å². The molecule has 116 valence electrons. The molecule has 1 saturated heterocycles. The molecule has 1 aromatic heterocycles. The molecule has 3 nitrogen and oxygen atoms in total.